The second-order valence-electron chi connectivity index (χ2n) is 8.10. The third-order valence-electron chi connectivity index (χ3n) is 4.17. The zero-order valence-electron chi connectivity index (χ0n) is 22.0. The van der Waals surface area contributed by atoms with E-state index in [0.717, 1.165) is 18.0 Å². The van der Waals surface area contributed by atoms with Gasteiger partial charge in [0, 0.05) is 30.6 Å². The molecule has 7 N–H and O–H groups in total. The summed E-state index contributed by atoms with van der Waals surface area (Å²) in [5.41, 5.74) is 8.52. The Morgan fingerprint density at radius 1 is 0.854 bits per heavy atom. The Morgan fingerprint density at radius 3 is 1.80 bits per heavy atom. The molecule has 18 nitrogen and oxygen atoms in total. The van der Waals surface area contributed by atoms with E-state index in [1.165, 1.54) is 12.1 Å². The molecule has 0 bridgehead atoms. The van der Waals surface area contributed by atoms with Crippen molar-refractivity contribution in [1.82, 2.24) is 15.8 Å². The first-order valence-electron chi connectivity index (χ1n) is 11.1. The average Bonchev–Trinajstić information content (AvgIpc) is 2.77. The fourth-order valence-electron chi connectivity index (χ4n) is 2.95. The lowest BCUT2D eigenvalue weighted by molar-refractivity contribution is -0.384. The molecule has 0 fully saturated rings. The molecule has 41 heavy (non-hydrogen) atoms. The van der Waals surface area contributed by atoms with Crippen molar-refractivity contribution in [3.63, 3.8) is 0 Å². The van der Waals surface area contributed by atoms with Crippen LogP contribution in [0.2, 0.25) is 0 Å². The predicted octanol–water partition coefficient (Wildman–Crippen LogP) is -0.701. The standard InChI is InChI=1S/C17H19N5O4.3CH4O3S/c18-5-2-6-19-7-8-20-21-16(23)13-4-1-3-11-9-12(22(25)26)10-14(15(11)13)17(21)24;3*1-5(2,3)4/h1,3-4,9-10,19-20H,2,5-8,18H2;3*1H3,(H,2,3,4). The van der Waals surface area contributed by atoms with Crippen molar-refractivity contribution in [2.45, 2.75) is 6.42 Å². The number of carbonyl (C=O) groups excluding carboxylic acids is 2. The van der Waals surface area contributed by atoms with Crippen LogP contribution in [0, 0.1) is 10.1 Å². The molecule has 232 valence electrons. The van der Waals surface area contributed by atoms with Gasteiger partial charge < -0.3 is 11.1 Å². The van der Waals surface area contributed by atoms with Gasteiger partial charge in [-0.2, -0.15) is 25.3 Å². The van der Waals surface area contributed by atoms with E-state index in [4.69, 9.17) is 19.4 Å². The molecule has 2 aromatic carbocycles. The van der Waals surface area contributed by atoms with Gasteiger partial charge in [-0.15, -0.1) is 0 Å². The molecule has 0 atom stereocenters. The summed E-state index contributed by atoms with van der Waals surface area (Å²) in [6.45, 7) is 2.23. The molecular formula is C20H31N5O13S3. The number of non-ortho nitro benzene ring substituents is 1. The van der Waals surface area contributed by atoms with Crippen molar-refractivity contribution >= 4 is 58.6 Å². The number of nitrogens with two attached hydrogens (primary N) is 1. The monoisotopic (exact) mass is 645 g/mol. The number of nitro benzene ring substituents is 1. The number of nitro groups is 1. The van der Waals surface area contributed by atoms with Gasteiger partial charge in [-0.3, -0.25) is 33.4 Å². The molecule has 1 aliphatic heterocycles. The van der Waals surface area contributed by atoms with Crippen molar-refractivity contribution in [2.24, 2.45) is 5.73 Å². The quantitative estimate of drug-likeness (QED) is 0.0679. The van der Waals surface area contributed by atoms with Crippen LogP contribution in [0.4, 0.5) is 5.69 Å². The van der Waals surface area contributed by atoms with E-state index in [1.807, 2.05) is 0 Å². The first-order chi connectivity index (χ1) is 18.5. The van der Waals surface area contributed by atoms with E-state index in [9.17, 15) is 45.0 Å². The smallest absolute Gasteiger partial charge is 0.276 e. The third kappa shape index (κ3) is 17.3. The maximum Gasteiger partial charge on any atom is 0.276 e. The zero-order chi connectivity index (χ0) is 32.2. The number of benzene rings is 2. The Bertz CT molecular complexity index is 1470. The Morgan fingerprint density at radius 2 is 1.34 bits per heavy atom. The minimum Gasteiger partial charge on any atom is -0.330 e. The van der Waals surface area contributed by atoms with E-state index in [1.54, 1.807) is 18.2 Å². The number of carbonyl (C=O) groups is 2. The van der Waals surface area contributed by atoms with E-state index < -0.39 is 47.1 Å². The van der Waals surface area contributed by atoms with Gasteiger partial charge in [0.25, 0.3) is 47.9 Å². The van der Waals surface area contributed by atoms with Crippen LogP contribution in [0.15, 0.2) is 30.3 Å². The molecule has 0 radical (unpaired) electrons. The molecule has 0 spiro atoms. The summed E-state index contributed by atoms with van der Waals surface area (Å²) in [6, 6.07) is 7.49. The average molecular weight is 646 g/mol. The van der Waals surface area contributed by atoms with E-state index >= 15 is 0 Å². The highest BCUT2D eigenvalue weighted by atomic mass is 32.2. The van der Waals surface area contributed by atoms with Crippen LogP contribution in [0.3, 0.4) is 0 Å². The normalized spacial score (nSPS) is 12.8. The number of hydrogen-bond acceptors (Lipinski definition) is 13. The molecule has 2 amide bonds. The number of imide groups is 1. The van der Waals surface area contributed by atoms with Gasteiger partial charge in [0.15, 0.2) is 0 Å². The van der Waals surface area contributed by atoms with Gasteiger partial charge in [-0.05, 0) is 31.0 Å². The molecule has 0 unspecified atom stereocenters. The van der Waals surface area contributed by atoms with Crippen LogP contribution < -0.4 is 16.5 Å². The van der Waals surface area contributed by atoms with E-state index in [-0.39, 0.29) is 11.3 Å². The lowest BCUT2D eigenvalue weighted by Gasteiger charge is -2.27. The fraction of sp³-hybridized carbons (Fsp3) is 0.400. The van der Waals surface area contributed by atoms with Gasteiger partial charge in [0.05, 0.1) is 34.8 Å². The molecule has 0 aromatic heterocycles. The Labute approximate surface area is 236 Å². The number of amides is 2. The second kappa shape index (κ2) is 16.3. The first-order valence-corrected chi connectivity index (χ1v) is 16.6. The van der Waals surface area contributed by atoms with Gasteiger partial charge in [-0.1, -0.05) is 12.1 Å². The minimum absolute atomic E-state index is 0.146. The van der Waals surface area contributed by atoms with E-state index in [0.29, 0.717) is 54.7 Å². The number of hydrazine groups is 1. The maximum absolute atomic E-state index is 12.7. The van der Waals surface area contributed by atoms with Crippen LogP contribution in [0.1, 0.15) is 27.1 Å². The number of nitrogens with one attached hydrogen (secondary N) is 2. The van der Waals surface area contributed by atoms with Gasteiger partial charge in [-0.25, -0.2) is 10.4 Å². The lowest BCUT2D eigenvalue weighted by atomic mass is 9.94. The first kappa shape index (κ1) is 37.9. The molecule has 0 saturated carbocycles. The summed E-state index contributed by atoms with van der Waals surface area (Å²) in [5.74, 6) is -1.06. The predicted molar refractivity (Wildman–Crippen MR) is 148 cm³/mol. The minimum atomic E-state index is -3.67. The molecule has 0 saturated heterocycles. The van der Waals surface area contributed by atoms with Gasteiger partial charge in [0.1, 0.15) is 0 Å². The highest BCUT2D eigenvalue weighted by Gasteiger charge is 2.34. The fourth-order valence-corrected chi connectivity index (χ4v) is 2.95. The van der Waals surface area contributed by atoms with Gasteiger partial charge >= 0.3 is 0 Å². The molecule has 1 heterocycles. The Balaban J connectivity index is 0.000000880. The number of rotatable bonds is 8. The van der Waals surface area contributed by atoms with Crippen LogP contribution >= 0.6 is 0 Å². The van der Waals surface area contributed by atoms with Crippen molar-refractivity contribution in [3.05, 3.63) is 51.6 Å². The summed E-state index contributed by atoms with van der Waals surface area (Å²) in [4.78, 5) is 36.0. The topological polar surface area (TPSA) is 294 Å². The van der Waals surface area contributed by atoms with Gasteiger partial charge in [0.2, 0.25) is 0 Å². The summed E-state index contributed by atoms with van der Waals surface area (Å²) in [7, 11) is -11.0. The SMILES string of the molecule is CS(=O)(=O)O.CS(=O)(=O)O.CS(=O)(=O)O.NCCCNCCNN1C(=O)c2cccc3cc([N+](=O)[O-])cc(c23)C1=O. The molecule has 3 rings (SSSR count). The van der Waals surface area contributed by atoms with Crippen LogP contribution in [0.5, 0.6) is 0 Å². The Kier molecular flexibility index (Phi) is 15.1. The zero-order valence-corrected chi connectivity index (χ0v) is 24.5. The van der Waals surface area contributed by atoms with Crippen LogP contribution in [0.25, 0.3) is 10.8 Å². The molecule has 0 aliphatic carbocycles. The van der Waals surface area contributed by atoms with Crippen molar-refractivity contribution in [3.8, 4) is 0 Å². The summed E-state index contributed by atoms with van der Waals surface area (Å²) in [5, 5.41) is 16.2. The van der Waals surface area contributed by atoms with Crippen LogP contribution in [-0.4, -0.2) is 106 Å². The summed E-state index contributed by atoms with van der Waals surface area (Å²) < 4.78 is 77.6. The molecule has 2 aromatic rings. The van der Waals surface area contributed by atoms with Crippen LogP contribution in [-0.2, 0) is 30.4 Å². The number of hydrogen-bond donors (Lipinski definition) is 6. The molecule has 1 aliphatic rings. The number of nitrogens with zero attached hydrogens (tertiary/aromatic N) is 2. The summed E-state index contributed by atoms with van der Waals surface area (Å²) in [6.07, 6.45) is 2.98. The molecular weight excluding hydrogens is 614 g/mol. The highest BCUT2D eigenvalue weighted by molar-refractivity contribution is 7.85. The highest BCUT2D eigenvalue weighted by Crippen LogP contribution is 2.32. The van der Waals surface area contributed by atoms with Crippen molar-refractivity contribution < 1.29 is 53.4 Å². The van der Waals surface area contributed by atoms with Crippen molar-refractivity contribution in [2.75, 3.05) is 44.9 Å². The largest absolute Gasteiger partial charge is 0.330 e. The lowest BCUT2D eigenvalue weighted by Crippen LogP contribution is -2.51. The Hall–Kier alpha value is -3.15. The third-order valence-corrected chi connectivity index (χ3v) is 4.17. The second-order valence-corrected chi connectivity index (χ2v) is 12.5. The maximum atomic E-state index is 12.7. The summed E-state index contributed by atoms with van der Waals surface area (Å²) >= 11 is 0. The van der Waals surface area contributed by atoms with Crippen molar-refractivity contribution in [1.29, 1.82) is 0 Å². The van der Waals surface area contributed by atoms with E-state index in [2.05, 4.69) is 10.7 Å². The molecule has 21 heteroatoms.